The Hall–Kier alpha value is -3.57. The Morgan fingerprint density at radius 3 is 2.53 bits per heavy atom. The van der Waals surface area contributed by atoms with Crippen LogP contribution in [0.2, 0.25) is 0 Å². The molecule has 3 heterocycles. The summed E-state index contributed by atoms with van der Waals surface area (Å²) in [6.45, 7) is 1.36. The van der Waals surface area contributed by atoms with Crippen LogP contribution in [-0.4, -0.2) is 50.4 Å². The number of aryl methyl sites for hydroxylation is 2. The van der Waals surface area contributed by atoms with Gasteiger partial charge in [-0.3, -0.25) is 9.48 Å². The van der Waals surface area contributed by atoms with E-state index in [0.717, 1.165) is 30.6 Å². The number of halogens is 3. The van der Waals surface area contributed by atoms with Crippen LogP contribution >= 0.6 is 0 Å². The standard InChI is InChI=1S/C26H29F3N6O3/c1-13-17(11-34(2)33-13)23(36)32-22(21(15-4-5-15)16-6-7-16)24-30-18-9-14(3-8-19(18)38-24)10-35-12-20(26(27,28)29)31-25(35)37/h3,8-9,11,15-16,20-22H,4-7,10,12H2,1-2H3,(H,31,37)(H,32,36). The Morgan fingerprint density at radius 1 is 1.24 bits per heavy atom. The van der Waals surface area contributed by atoms with Gasteiger partial charge in [0.2, 0.25) is 5.89 Å². The summed E-state index contributed by atoms with van der Waals surface area (Å²) in [4.78, 5) is 31.2. The summed E-state index contributed by atoms with van der Waals surface area (Å²) < 4.78 is 46.9. The molecule has 3 amide bonds. The maximum atomic E-state index is 13.3. The van der Waals surface area contributed by atoms with Gasteiger partial charge < -0.3 is 20.0 Å². The molecule has 0 bridgehead atoms. The topological polar surface area (TPSA) is 105 Å². The van der Waals surface area contributed by atoms with Gasteiger partial charge in [0.05, 0.1) is 17.8 Å². The van der Waals surface area contributed by atoms with Crippen molar-refractivity contribution in [3.63, 3.8) is 0 Å². The second kappa shape index (κ2) is 9.02. The molecule has 2 saturated carbocycles. The molecule has 0 radical (unpaired) electrons. The lowest BCUT2D eigenvalue weighted by molar-refractivity contribution is -0.149. The van der Waals surface area contributed by atoms with Gasteiger partial charge in [0.25, 0.3) is 5.91 Å². The van der Waals surface area contributed by atoms with Crippen molar-refractivity contribution in [2.24, 2.45) is 24.8 Å². The van der Waals surface area contributed by atoms with E-state index in [1.165, 1.54) is 0 Å². The predicted molar refractivity (Wildman–Crippen MR) is 130 cm³/mol. The fourth-order valence-corrected chi connectivity index (χ4v) is 5.61. The zero-order valence-electron chi connectivity index (χ0n) is 21.1. The van der Waals surface area contributed by atoms with E-state index in [-0.39, 0.29) is 18.4 Å². The van der Waals surface area contributed by atoms with Crippen LogP contribution in [0.5, 0.6) is 0 Å². The first-order valence-electron chi connectivity index (χ1n) is 12.9. The molecule has 2 N–H and O–H groups in total. The maximum absolute atomic E-state index is 13.3. The molecule has 3 aliphatic rings. The number of aromatic nitrogens is 3. The Bertz CT molecular complexity index is 1380. The number of carbonyl (C=O) groups excluding carboxylic acids is 2. The average molecular weight is 531 g/mol. The van der Waals surface area contributed by atoms with E-state index >= 15 is 0 Å². The van der Waals surface area contributed by atoms with Crippen molar-refractivity contribution in [1.29, 1.82) is 0 Å². The van der Waals surface area contributed by atoms with Crippen molar-refractivity contribution < 1.29 is 27.2 Å². The zero-order chi connectivity index (χ0) is 26.8. The van der Waals surface area contributed by atoms with Crippen molar-refractivity contribution in [3.05, 3.63) is 47.1 Å². The number of hydrogen-bond acceptors (Lipinski definition) is 5. The van der Waals surface area contributed by atoms with Crippen molar-refractivity contribution >= 4 is 23.0 Å². The van der Waals surface area contributed by atoms with Crippen molar-refractivity contribution in [3.8, 4) is 0 Å². The Balaban J connectivity index is 1.27. The van der Waals surface area contributed by atoms with Gasteiger partial charge in [0.15, 0.2) is 5.58 Å². The van der Waals surface area contributed by atoms with E-state index < -0.39 is 30.8 Å². The smallest absolute Gasteiger partial charge is 0.410 e. The van der Waals surface area contributed by atoms with E-state index in [1.54, 1.807) is 43.0 Å². The van der Waals surface area contributed by atoms with Gasteiger partial charge in [-0.15, -0.1) is 0 Å². The molecule has 2 aliphatic carbocycles. The lowest BCUT2D eigenvalue weighted by atomic mass is 9.89. The van der Waals surface area contributed by atoms with Crippen LogP contribution < -0.4 is 10.6 Å². The third-order valence-electron chi connectivity index (χ3n) is 7.75. The maximum Gasteiger partial charge on any atom is 0.410 e. The summed E-state index contributed by atoms with van der Waals surface area (Å²) in [7, 11) is 1.77. The number of fused-ring (bicyclic) bond motifs is 1. The normalized spacial score (nSPS) is 20.8. The molecule has 202 valence electrons. The Labute approximate surface area is 216 Å². The minimum atomic E-state index is -4.50. The summed E-state index contributed by atoms with van der Waals surface area (Å²) in [5.74, 6) is 1.42. The first-order valence-corrected chi connectivity index (χ1v) is 12.9. The zero-order valence-corrected chi connectivity index (χ0v) is 21.1. The van der Waals surface area contributed by atoms with Gasteiger partial charge in [0.1, 0.15) is 17.6 Å². The molecule has 2 aromatic heterocycles. The molecule has 1 aromatic carbocycles. The fourth-order valence-electron chi connectivity index (χ4n) is 5.61. The van der Waals surface area contributed by atoms with Gasteiger partial charge in [0, 0.05) is 19.8 Å². The van der Waals surface area contributed by atoms with Crippen LogP contribution in [0.4, 0.5) is 18.0 Å². The second-order valence-corrected chi connectivity index (χ2v) is 10.8. The molecule has 3 aromatic rings. The molecule has 1 aliphatic heterocycles. The third kappa shape index (κ3) is 4.83. The summed E-state index contributed by atoms with van der Waals surface area (Å²) >= 11 is 0. The second-order valence-electron chi connectivity index (χ2n) is 10.8. The number of alkyl halides is 3. The van der Waals surface area contributed by atoms with Crippen LogP contribution in [-0.2, 0) is 13.6 Å². The minimum Gasteiger partial charge on any atom is -0.438 e. The summed E-state index contributed by atoms with van der Waals surface area (Å²) in [6.07, 6.45) is 1.65. The number of nitrogens with zero attached hydrogens (tertiary/aromatic N) is 4. The van der Waals surface area contributed by atoms with E-state index in [0.29, 0.717) is 45.6 Å². The third-order valence-corrected chi connectivity index (χ3v) is 7.75. The molecule has 2 atom stereocenters. The number of benzene rings is 1. The van der Waals surface area contributed by atoms with Gasteiger partial charge in [-0.05, 0) is 68.1 Å². The molecule has 9 nitrogen and oxygen atoms in total. The highest BCUT2D eigenvalue weighted by Gasteiger charge is 2.48. The summed E-state index contributed by atoms with van der Waals surface area (Å²) in [5, 5.41) is 9.46. The highest BCUT2D eigenvalue weighted by Crippen LogP contribution is 2.54. The molecular weight excluding hydrogens is 501 g/mol. The van der Waals surface area contributed by atoms with Crippen molar-refractivity contribution in [2.45, 2.75) is 57.4 Å². The fraction of sp³-hybridized carbons (Fsp3) is 0.538. The van der Waals surface area contributed by atoms with Crippen LogP contribution in [0, 0.1) is 24.7 Å². The van der Waals surface area contributed by atoms with Crippen molar-refractivity contribution in [1.82, 2.24) is 30.3 Å². The molecule has 6 rings (SSSR count). The van der Waals surface area contributed by atoms with E-state index in [2.05, 4.69) is 10.4 Å². The molecular formula is C26H29F3N6O3. The van der Waals surface area contributed by atoms with Gasteiger partial charge in [-0.2, -0.15) is 18.3 Å². The first-order chi connectivity index (χ1) is 18.1. The van der Waals surface area contributed by atoms with Crippen LogP contribution in [0.15, 0.2) is 28.8 Å². The van der Waals surface area contributed by atoms with Crippen molar-refractivity contribution in [2.75, 3.05) is 6.54 Å². The molecule has 1 saturated heterocycles. The highest BCUT2D eigenvalue weighted by atomic mass is 19.4. The average Bonchev–Trinajstić information content (AvgIpc) is 3.76. The number of carbonyl (C=O) groups is 2. The SMILES string of the molecule is Cc1nn(C)cc1C(=O)NC(c1nc2cc(CN3CC(C(F)(F)F)NC3=O)ccc2o1)C(C1CC1)C1CC1. The number of oxazole rings is 1. The lowest BCUT2D eigenvalue weighted by Gasteiger charge is -2.25. The predicted octanol–water partition coefficient (Wildman–Crippen LogP) is 4.23. The molecule has 0 spiro atoms. The number of amides is 3. The van der Waals surface area contributed by atoms with Crippen LogP contribution in [0.25, 0.3) is 11.1 Å². The number of hydrogen-bond donors (Lipinski definition) is 2. The minimum absolute atomic E-state index is 0.0176. The van der Waals surface area contributed by atoms with Gasteiger partial charge in [-0.1, -0.05) is 6.07 Å². The molecule has 3 fully saturated rings. The molecule has 38 heavy (non-hydrogen) atoms. The Morgan fingerprint density at radius 2 is 1.95 bits per heavy atom. The summed E-state index contributed by atoms with van der Waals surface area (Å²) in [5.41, 5.74) is 2.83. The van der Waals surface area contributed by atoms with Gasteiger partial charge in [-0.25, -0.2) is 9.78 Å². The molecule has 2 unspecified atom stereocenters. The Kier molecular flexibility index (Phi) is 5.88. The van der Waals surface area contributed by atoms with E-state index in [4.69, 9.17) is 9.40 Å². The van der Waals surface area contributed by atoms with Gasteiger partial charge >= 0.3 is 12.2 Å². The van der Waals surface area contributed by atoms with E-state index in [9.17, 15) is 22.8 Å². The number of rotatable bonds is 8. The summed E-state index contributed by atoms with van der Waals surface area (Å²) in [6, 6.07) is 2.12. The monoisotopic (exact) mass is 530 g/mol. The largest absolute Gasteiger partial charge is 0.438 e. The van der Waals surface area contributed by atoms with E-state index in [1.807, 2.05) is 5.32 Å². The van der Waals surface area contributed by atoms with Crippen LogP contribution in [0.3, 0.4) is 0 Å². The number of urea groups is 1. The van der Waals surface area contributed by atoms with Crippen LogP contribution in [0.1, 0.15) is 59.2 Å². The number of nitrogens with one attached hydrogen (secondary N) is 2. The lowest BCUT2D eigenvalue weighted by Crippen LogP contribution is -2.40. The highest BCUT2D eigenvalue weighted by molar-refractivity contribution is 5.95. The first kappa shape index (κ1) is 24.7. The molecule has 12 heteroatoms. The quantitative estimate of drug-likeness (QED) is 0.454.